The van der Waals surface area contributed by atoms with Gasteiger partial charge in [-0.05, 0) is 31.9 Å². The summed E-state index contributed by atoms with van der Waals surface area (Å²) in [4.78, 5) is 25.4. The summed E-state index contributed by atoms with van der Waals surface area (Å²) in [6, 6.07) is 6.86. The molecule has 1 aromatic carbocycles. The third-order valence-electron chi connectivity index (χ3n) is 3.68. The Bertz CT molecular complexity index is 514. The first-order valence-electron chi connectivity index (χ1n) is 6.19. The van der Waals surface area contributed by atoms with Gasteiger partial charge < -0.3 is 14.7 Å². The van der Waals surface area contributed by atoms with Crippen molar-refractivity contribution in [2.45, 2.75) is 25.3 Å². The molecule has 0 radical (unpaired) electrons. The van der Waals surface area contributed by atoms with E-state index in [-0.39, 0.29) is 5.91 Å². The predicted octanol–water partition coefficient (Wildman–Crippen LogP) is 1.77. The van der Waals surface area contributed by atoms with E-state index in [2.05, 4.69) is 0 Å². The Hall–Kier alpha value is -2.04. The smallest absolute Gasteiger partial charge is 0.329 e. The van der Waals surface area contributed by atoms with E-state index in [9.17, 15) is 14.7 Å². The molecular weight excluding hydrogens is 246 g/mol. The van der Waals surface area contributed by atoms with Gasteiger partial charge in [-0.3, -0.25) is 4.79 Å². The number of methoxy groups -OCH3 is 1. The average molecular weight is 263 g/mol. The second-order valence-corrected chi connectivity index (χ2v) is 4.84. The number of carboxylic acid groups (broad SMARTS) is 1. The third-order valence-corrected chi connectivity index (χ3v) is 3.68. The Morgan fingerprint density at radius 2 is 2.05 bits per heavy atom. The molecule has 0 saturated carbocycles. The summed E-state index contributed by atoms with van der Waals surface area (Å²) >= 11 is 0. The summed E-state index contributed by atoms with van der Waals surface area (Å²) in [5.74, 6) is -0.791. The SMILES string of the molecule is COc1ccccc1C(=O)N1CCCC1(C)C(=O)O. The van der Waals surface area contributed by atoms with Crippen LogP contribution in [0.25, 0.3) is 0 Å². The minimum atomic E-state index is -1.13. The van der Waals surface area contributed by atoms with Gasteiger partial charge in [-0.1, -0.05) is 12.1 Å². The fourth-order valence-electron chi connectivity index (χ4n) is 2.48. The van der Waals surface area contributed by atoms with Crippen molar-refractivity contribution in [3.05, 3.63) is 29.8 Å². The molecule has 19 heavy (non-hydrogen) atoms. The molecule has 0 aromatic heterocycles. The lowest BCUT2D eigenvalue weighted by Crippen LogP contribution is -2.50. The lowest BCUT2D eigenvalue weighted by atomic mass is 9.98. The van der Waals surface area contributed by atoms with Crippen LogP contribution in [0.3, 0.4) is 0 Å². The lowest BCUT2D eigenvalue weighted by molar-refractivity contribution is -0.147. The Morgan fingerprint density at radius 1 is 1.37 bits per heavy atom. The van der Waals surface area contributed by atoms with Gasteiger partial charge in [-0.25, -0.2) is 4.79 Å². The second-order valence-electron chi connectivity index (χ2n) is 4.84. The molecule has 102 valence electrons. The maximum Gasteiger partial charge on any atom is 0.329 e. The highest BCUT2D eigenvalue weighted by Crippen LogP contribution is 2.32. The molecule has 5 heteroatoms. The van der Waals surface area contributed by atoms with Crippen molar-refractivity contribution >= 4 is 11.9 Å². The van der Waals surface area contributed by atoms with Gasteiger partial charge in [0.25, 0.3) is 5.91 Å². The van der Waals surface area contributed by atoms with Gasteiger partial charge in [-0.15, -0.1) is 0 Å². The highest BCUT2D eigenvalue weighted by atomic mass is 16.5. The number of nitrogens with zero attached hydrogens (tertiary/aromatic N) is 1. The molecule has 1 saturated heterocycles. The van der Waals surface area contributed by atoms with E-state index < -0.39 is 11.5 Å². The van der Waals surface area contributed by atoms with Crippen LogP contribution in [0, 0.1) is 0 Å². The number of likely N-dealkylation sites (tertiary alicyclic amines) is 1. The molecule has 0 aliphatic carbocycles. The fourth-order valence-corrected chi connectivity index (χ4v) is 2.48. The van der Waals surface area contributed by atoms with Crippen LogP contribution in [0.1, 0.15) is 30.1 Å². The number of aliphatic carboxylic acids is 1. The van der Waals surface area contributed by atoms with Gasteiger partial charge in [0.15, 0.2) is 0 Å². The van der Waals surface area contributed by atoms with E-state index in [1.807, 2.05) is 0 Å². The minimum Gasteiger partial charge on any atom is -0.496 e. The van der Waals surface area contributed by atoms with Crippen LogP contribution in [0.5, 0.6) is 5.75 Å². The summed E-state index contributed by atoms with van der Waals surface area (Å²) in [5, 5.41) is 9.34. The molecule has 1 aliphatic rings. The van der Waals surface area contributed by atoms with Crippen molar-refractivity contribution in [1.82, 2.24) is 4.90 Å². The molecule has 1 amide bonds. The Balaban J connectivity index is 2.36. The summed E-state index contributed by atoms with van der Waals surface area (Å²) in [6.07, 6.45) is 1.17. The molecule has 1 aromatic rings. The molecule has 2 rings (SSSR count). The van der Waals surface area contributed by atoms with E-state index in [0.717, 1.165) is 0 Å². The van der Waals surface area contributed by atoms with Gasteiger partial charge in [0, 0.05) is 6.54 Å². The van der Waals surface area contributed by atoms with Crippen molar-refractivity contribution in [3.63, 3.8) is 0 Å². The van der Waals surface area contributed by atoms with Crippen LogP contribution in [0.2, 0.25) is 0 Å². The molecule has 1 fully saturated rings. The Kier molecular flexibility index (Phi) is 3.46. The summed E-state index contributed by atoms with van der Waals surface area (Å²) in [7, 11) is 1.49. The fraction of sp³-hybridized carbons (Fsp3) is 0.429. The van der Waals surface area contributed by atoms with E-state index in [1.165, 1.54) is 12.0 Å². The monoisotopic (exact) mass is 263 g/mol. The van der Waals surface area contributed by atoms with Crippen molar-refractivity contribution in [3.8, 4) is 5.75 Å². The van der Waals surface area contributed by atoms with Crippen molar-refractivity contribution in [1.29, 1.82) is 0 Å². The number of para-hydroxylation sites is 1. The lowest BCUT2D eigenvalue weighted by Gasteiger charge is -2.31. The maximum atomic E-state index is 12.5. The number of hydrogen-bond acceptors (Lipinski definition) is 3. The Labute approximate surface area is 111 Å². The largest absolute Gasteiger partial charge is 0.496 e. The van der Waals surface area contributed by atoms with Gasteiger partial charge in [0.1, 0.15) is 11.3 Å². The summed E-state index contributed by atoms with van der Waals surface area (Å²) in [6.45, 7) is 2.05. The number of carboxylic acids is 1. The quantitative estimate of drug-likeness (QED) is 0.902. The molecule has 1 atom stereocenters. The van der Waals surface area contributed by atoms with Gasteiger partial charge >= 0.3 is 5.97 Å². The van der Waals surface area contributed by atoms with Gasteiger partial charge in [-0.2, -0.15) is 0 Å². The zero-order valence-electron chi connectivity index (χ0n) is 11.0. The standard InChI is InChI=1S/C14H17NO4/c1-14(13(17)18)8-5-9-15(14)12(16)10-6-3-4-7-11(10)19-2/h3-4,6-7H,5,8-9H2,1-2H3,(H,17,18). The number of amides is 1. The van der Waals surface area contributed by atoms with Gasteiger partial charge in [0.2, 0.25) is 0 Å². The zero-order valence-corrected chi connectivity index (χ0v) is 11.0. The molecule has 5 nitrogen and oxygen atoms in total. The van der Waals surface area contributed by atoms with Crippen LogP contribution in [-0.2, 0) is 4.79 Å². The van der Waals surface area contributed by atoms with E-state index in [4.69, 9.17) is 4.74 Å². The molecule has 1 aliphatic heterocycles. The first kappa shape index (κ1) is 13.4. The summed E-state index contributed by atoms with van der Waals surface area (Å²) in [5.41, 5.74) is -0.725. The predicted molar refractivity (Wildman–Crippen MR) is 69.3 cm³/mol. The highest BCUT2D eigenvalue weighted by molar-refractivity contribution is 6.00. The molecule has 1 N–H and O–H groups in total. The van der Waals surface area contributed by atoms with Crippen LogP contribution < -0.4 is 4.74 Å². The van der Waals surface area contributed by atoms with Crippen molar-refractivity contribution in [2.75, 3.05) is 13.7 Å². The van der Waals surface area contributed by atoms with Crippen LogP contribution >= 0.6 is 0 Å². The van der Waals surface area contributed by atoms with E-state index >= 15 is 0 Å². The number of rotatable bonds is 3. The number of ether oxygens (including phenoxy) is 1. The molecule has 1 unspecified atom stereocenters. The van der Waals surface area contributed by atoms with Crippen molar-refractivity contribution in [2.24, 2.45) is 0 Å². The molecular formula is C14H17NO4. The number of benzene rings is 1. The topological polar surface area (TPSA) is 66.8 Å². The normalized spacial score (nSPS) is 22.3. The molecule has 0 bridgehead atoms. The van der Waals surface area contributed by atoms with Gasteiger partial charge in [0.05, 0.1) is 12.7 Å². The maximum absolute atomic E-state index is 12.5. The van der Waals surface area contributed by atoms with Crippen LogP contribution in [0.4, 0.5) is 0 Å². The van der Waals surface area contributed by atoms with E-state index in [1.54, 1.807) is 31.2 Å². The van der Waals surface area contributed by atoms with E-state index in [0.29, 0.717) is 30.7 Å². The first-order chi connectivity index (χ1) is 9.00. The third kappa shape index (κ3) is 2.16. The molecule has 0 spiro atoms. The average Bonchev–Trinajstić information content (AvgIpc) is 2.81. The number of carbonyl (C=O) groups excluding carboxylic acids is 1. The highest BCUT2D eigenvalue weighted by Gasteiger charge is 2.46. The Morgan fingerprint density at radius 3 is 2.68 bits per heavy atom. The number of hydrogen-bond donors (Lipinski definition) is 1. The van der Waals surface area contributed by atoms with Crippen LogP contribution in [-0.4, -0.2) is 41.1 Å². The summed E-state index contributed by atoms with van der Waals surface area (Å²) < 4.78 is 5.16. The zero-order chi connectivity index (χ0) is 14.0. The van der Waals surface area contributed by atoms with Crippen LogP contribution in [0.15, 0.2) is 24.3 Å². The molecule has 1 heterocycles. The first-order valence-corrected chi connectivity index (χ1v) is 6.19. The van der Waals surface area contributed by atoms with Crippen molar-refractivity contribution < 1.29 is 19.4 Å². The minimum absolute atomic E-state index is 0.292. The second kappa shape index (κ2) is 4.91. The number of carbonyl (C=O) groups is 2.